The molecule has 0 atom stereocenters. The van der Waals surface area contributed by atoms with Gasteiger partial charge in [0.05, 0.1) is 5.69 Å². The first kappa shape index (κ1) is 23.4. The molecule has 10 heteroatoms. The largest absolute Gasteiger partial charge is 0.370 e. The number of amides is 1. The number of nitrogens with one attached hydrogen (secondary N) is 1. The summed E-state index contributed by atoms with van der Waals surface area (Å²) in [5.74, 6) is 0.674. The zero-order valence-corrected chi connectivity index (χ0v) is 20.4. The third-order valence-electron chi connectivity index (χ3n) is 5.23. The topological polar surface area (TPSA) is 62.5 Å². The fourth-order valence-corrected chi connectivity index (χ4v) is 4.30. The van der Waals surface area contributed by atoms with E-state index in [0.29, 0.717) is 33.7 Å². The van der Waals surface area contributed by atoms with Crippen LogP contribution in [0.5, 0.6) is 0 Å². The van der Waals surface area contributed by atoms with Gasteiger partial charge in [-0.2, -0.15) is 9.61 Å². The summed E-state index contributed by atoms with van der Waals surface area (Å²) < 4.78 is 1.78. The van der Waals surface area contributed by atoms with Crippen molar-refractivity contribution in [3.05, 3.63) is 75.4 Å². The molecule has 33 heavy (non-hydrogen) atoms. The number of hydrogen-bond donors (Lipinski definition) is 1. The van der Waals surface area contributed by atoms with Gasteiger partial charge in [0.15, 0.2) is 5.65 Å². The van der Waals surface area contributed by atoms with Crippen molar-refractivity contribution in [3.63, 3.8) is 0 Å². The van der Waals surface area contributed by atoms with Crippen LogP contribution < -0.4 is 10.8 Å². The van der Waals surface area contributed by atoms with Gasteiger partial charge in [-0.05, 0) is 36.1 Å². The molecule has 2 aromatic carbocycles. The molecule has 0 aliphatic rings. The molecule has 0 fully saturated rings. The smallest absolute Gasteiger partial charge is 0.253 e. The molecule has 168 valence electrons. The van der Waals surface area contributed by atoms with Gasteiger partial charge in [0.1, 0.15) is 13.7 Å². The maximum Gasteiger partial charge on any atom is 0.253 e. The number of fused-ring (bicyclic) bond motifs is 1. The van der Waals surface area contributed by atoms with Crippen molar-refractivity contribution in [1.82, 2.24) is 19.5 Å². The second-order valence-electron chi connectivity index (χ2n) is 7.73. The van der Waals surface area contributed by atoms with E-state index in [1.807, 2.05) is 38.2 Å². The van der Waals surface area contributed by atoms with Crippen LogP contribution in [-0.2, 0) is 0 Å². The number of anilines is 1. The molecular formula is C23H21BCl3N5O. The van der Waals surface area contributed by atoms with Gasteiger partial charge < -0.3 is 10.2 Å². The number of carbonyl (C=O) groups is 1. The van der Waals surface area contributed by atoms with Crippen molar-refractivity contribution in [2.24, 2.45) is 0 Å². The van der Waals surface area contributed by atoms with Gasteiger partial charge in [-0.25, -0.2) is 4.98 Å². The van der Waals surface area contributed by atoms with E-state index < -0.39 is 0 Å². The van der Waals surface area contributed by atoms with Crippen LogP contribution in [-0.4, -0.2) is 53.4 Å². The normalized spacial score (nSPS) is 11.0. The summed E-state index contributed by atoms with van der Waals surface area (Å²) in [6, 6.07) is 14.4. The number of carbonyl (C=O) groups excluding carboxylic acids is 1. The highest BCUT2D eigenvalue weighted by atomic mass is 35.5. The first-order chi connectivity index (χ1) is 15.8. The number of rotatable bonds is 7. The summed E-state index contributed by atoms with van der Waals surface area (Å²) in [4.78, 5) is 19.1. The number of aromatic nitrogens is 3. The van der Waals surface area contributed by atoms with Crippen LogP contribution >= 0.6 is 34.8 Å². The first-order valence-corrected chi connectivity index (χ1v) is 11.5. The molecule has 0 unspecified atom stereocenters. The van der Waals surface area contributed by atoms with Crippen LogP contribution in [0, 0.1) is 0 Å². The molecular weight excluding hydrogens is 479 g/mol. The summed E-state index contributed by atoms with van der Waals surface area (Å²) in [6.07, 6.45) is 2.51. The van der Waals surface area contributed by atoms with Gasteiger partial charge in [-0.1, -0.05) is 53.0 Å². The van der Waals surface area contributed by atoms with Crippen molar-refractivity contribution < 1.29 is 4.79 Å². The van der Waals surface area contributed by atoms with E-state index in [9.17, 15) is 4.79 Å². The molecule has 0 radical (unpaired) electrons. The fraction of sp³-hybridized carbons (Fsp3) is 0.174. The molecule has 1 N–H and O–H groups in total. The Kier molecular flexibility index (Phi) is 7.12. The third kappa shape index (κ3) is 5.27. The van der Waals surface area contributed by atoms with E-state index in [-0.39, 0.29) is 5.91 Å². The van der Waals surface area contributed by atoms with Crippen molar-refractivity contribution in [2.75, 3.05) is 25.5 Å². The predicted octanol–water partition coefficient (Wildman–Crippen LogP) is 4.19. The first-order valence-electron chi connectivity index (χ1n) is 10.4. The van der Waals surface area contributed by atoms with Gasteiger partial charge in [-0.3, -0.25) is 4.79 Å². The van der Waals surface area contributed by atoms with E-state index >= 15 is 0 Å². The van der Waals surface area contributed by atoms with E-state index in [1.54, 1.807) is 40.9 Å². The lowest BCUT2D eigenvalue weighted by Crippen LogP contribution is -2.29. The average molecular weight is 501 g/mol. The second kappa shape index (κ2) is 10.0. The molecule has 0 aliphatic heterocycles. The van der Waals surface area contributed by atoms with E-state index in [4.69, 9.17) is 39.8 Å². The molecule has 6 nitrogen and oxygen atoms in total. The number of benzene rings is 2. The molecule has 4 aromatic rings. The maximum absolute atomic E-state index is 12.7. The number of hydrogen-bond acceptors (Lipinski definition) is 4. The molecule has 0 saturated heterocycles. The number of nitrogens with zero attached hydrogens (tertiary/aromatic N) is 4. The minimum atomic E-state index is -0.130. The SMILES string of the molecule is Bc1cnn2c(NCCCN(C)C(=O)c3cc(Cl)cc(Cl)c3)cc(-c3ccccc3Cl)nc12. The van der Waals surface area contributed by atoms with Crippen molar-refractivity contribution >= 4 is 65.5 Å². The lowest BCUT2D eigenvalue weighted by molar-refractivity contribution is 0.0794. The Bertz CT molecular complexity index is 1310. The standard InChI is InChI=1S/C23H21BCl3N5O/c1-31(23(33)14-9-15(25)11-16(26)10-14)8-4-7-28-21-12-20(17-5-2-3-6-19(17)27)30-22-18(24)13-29-32(21)22/h2-3,5-6,9-13,28H,4,7-8,24H2,1H3. The van der Waals surface area contributed by atoms with E-state index in [0.717, 1.165) is 34.6 Å². The highest BCUT2D eigenvalue weighted by Gasteiger charge is 2.14. The predicted molar refractivity (Wildman–Crippen MR) is 138 cm³/mol. The quantitative estimate of drug-likeness (QED) is 0.305. The summed E-state index contributed by atoms with van der Waals surface area (Å²) in [6.45, 7) is 1.19. The molecule has 4 rings (SSSR count). The Morgan fingerprint density at radius 2 is 1.85 bits per heavy atom. The van der Waals surface area contributed by atoms with Crippen LogP contribution in [0.1, 0.15) is 16.8 Å². The van der Waals surface area contributed by atoms with Crippen LogP contribution in [0.4, 0.5) is 5.82 Å². The number of halogens is 3. The lowest BCUT2D eigenvalue weighted by atomic mass is 10.0. The molecule has 2 heterocycles. The minimum Gasteiger partial charge on any atom is -0.370 e. The molecule has 0 spiro atoms. The van der Waals surface area contributed by atoms with Gasteiger partial charge in [0, 0.05) is 58.6 Å². The maximum atomic E-state index is 12.7. The average Bonchev–Trinajstić information content (AvgIpc) is 3.16. The fourth-order valence-electron chi connectivity index (χ4n) is 3.54. The molecule has 0 bridgehead atoms. The zero-order chi connectivity index (χ0) is 23.5. The van der Waals surface area contributed by atoms with Gasteiger partial charge >= 0.3 is 0 Å². The van der Waals surface area contributed by atoms with Gasteiger partial charge in [0.2, 0.25) is 0 Å². The van der Waals surface area contributed by atoms with Crippen LogP contribution in [0.25, 0.3) is 16.9 Å². The monoisotopic (exact) mass is 499 g/mol. The summed E-state index contributed by atoms with van der Waals surface area (Å²) >= 11 is 18.4. The van der Waals surface area contributed by atoms with E-state index in [1.165, 1.54) is 0 Å². The van der Waals surface area contributed by atoms with Gasteiger partial charge in [0.25, 0.3) is 5.91 Å². The second-order valence-corrected chi connectivity index (χ2v) is 9.01. The molecule has 0 saturated carbocycles. The highest BCUT2D eigenvalue weighted by molar-refractivity contribution is 6.36. The van der Waals surface area contributed by atoms with Crippen molar-refractivity contribution in [3.8, 4) is 11.3 Å². The zero-order valence-electron chi connectivity index (χ0n) is 18.1. The van der Waals surface area contributed by atoms with Gasteiger partial charge in [-0.15, -0.1) is 0 Å². The Hall–Kier alpha value is -2.74. The summed E-state index contributed by atoms with van der Waals surface area (Å²) in [7, 11) is 3.73. The highest BCUT2D eigenvalue weighted by Crippen LogP contribution is 2.28. The molecule has 0 aliphatic carbocycles. The Balaban J connectivity index is 1.46. The Morgan fingerprint density at radius 1 is 1.12 bits per heavy atom. The third-order valence-corrected chi connectivity index (χ3v) is 6.00. The molecule has 2 aromatic heterocycles. The molecule has 1 amide bonds. The summed E-state index contributed by atoms with van der Waals surface area (Å²) in [5, 5.41) is 9.37. The summed E-state index contributed by atoms with van der Waals surface area (Å²) in [5.41, 5.74) is 3.83. The Labute approximate surface area is 207 Å². The van der Waals surface area contributed by atoms with Crippen molar-refractivity contribution in [1.29, 1.82) is 0 Å². The van der Waals surface area contributed by atoms with Crippen LogP contribution in [0.3, 0.4) is 0 Å². The Morgan fingerprint density at radius 3 is 2.58 bits per heavy atom. The minimum absolute atomic E-state index is 0.130. The lowest BCUT2D eigenvalue weighted by Gasteiger charge is -2.18. The van der Waals surface area contributed by atoms with Crippen LogP contribution in [0.15, 0.2) is 54.7 Å². The van der Waals surface area contributed by atoms with E-state index in [2.05, 4.69) is 10.4 Å². The van der Waals surface area contributed by atoms with Crippen molar-refractivity contribution in [2.45, 2.75) is 6.42 Å². The van der Waals surface area contributed by atoms with Crippen LogP contribution in [0.2, 0.25) is 15.1 Å².